The van der Waals surface area contributed by atoms with Crippen molar-refractivity contribution in [1.29, 1.82) is 0 Å². The van der Waals surface area contributed by atoms with Crippen molar-refractivity contribution in [2.75, 3.05) is 24.1 Å². The van der Waals surface area contributed by atoms with Gasteiger partial charge in [-0.25, -0.2) is 18.4 Å². The van der Waals surface area contributed by atoms with Gasteiger partial charge in [0.15, 0.2) is 11.4 Å². The molecule has 0 atom stereocenters. The number of nitrogens with two attached hydrogens (primary N) is 1. The van der Waals surface area contributed by atoms with Crippen LogP contribution in [0.4, 0.5) is 17.5 Å². The van der Waals surface area contributed by atoms with Crippen LogP contribution in [0.25, 0.3) is 23.1 Å². The minimum Gasteiger partial charge on any atom is -0.380 e. The normalized spacial score (nSPS) is 15.2. The van der Waals surface area contributed by atoms with Gasteiger partial charge in [0.25, 0.3) is 0 Å². The second-order valence-corrected chi connectivity index (χ2v) is 10.0. The van der Waals surface area contributed by atoms with Crippen molar-refractivity contribution in [3.8, 4) is 0 Å². The Morgan fingerprint density at radius 1 is 0.971 bits per heavy atom. The van der Waals surface area contributed by atoms with Crippen LogP contribution in [0.2, 0.25) is 0 Å². The van der Waals surface area contributed by atoms with E-state index in [0.29, 0.717) is 41.0 Å². The molecule has 9 nitrogen and oxygen atoms in total. The van der Waals surface area contributed by atoms with Crippen LogP contribution in [0.5, 0.6) is 0 Å². The first-order chi connectivity index (χ1) is 16.5. The second kappa shape index (κ2) is 9.24. The summed E-state index contributed by atoms with van der Waals surface area (Å²) in [6, 6.07) is 12.3. The quantitative estimate of drug-likeness (QED) is 0.422. The zero-order valence-corrected chi connectivity index (χ0v) is 19.2. The van der Waals surface area contributed by atoms with E-state index in [1.807, 2.05) is 30.4 Å². The fourth-order valence-corrected chi connectivity index (χ4v) is 5.42. The number of nitrogens with one attached hydrogen (secondary N) is 1. The molecule has 0 unspecified atom stereocenters. The molecule has 10 heteroatoms. The van der Waals surface area contributed by atoms with E-state index >= 15 is 0 Å². The van der Waals surface area contributed by atoms with Crippen LogP contribution in [0, 0.1) is 0 Å². The van der Waals surface area contributed by atoms with Crippen molar-refractivity contribution in [1.82, 2.24) is 19.4 Å². The van der Waals surface area contributed by atoms with Gasteiger partial charge in [0.2, 0.25) is 16.0 Å². The lowest BCUT2D eigenvalue weighted by atomic mass is 10.1. The second-order valence-electron chi connectivity index (χ2n) is 8.08. The molecule has 3 N–H and O–H groups in total. The number of nitrogen functional groups attached to an aromatic ring is 1. The lowest BCUT2D eigenvalue weighted by Gasteiger charge is -2.25. The maximum Gasteiger partial charge on any atom is 0.243 e. The van der Waals surface area contributed by atoms with E-state index in [9.17, 15) is 8.42 Å². The van der Waals surface area contributed by atoms with Gasteiger partial charge < -0.3 is 15.6 Å². The number of sulfonamides is 1. The highest BCUT2D eigenvalue weighted by molar-refractivity contribution is 7.89. The summed E-state index contributed by atoms with van der Waals surface area (Å²) in [5.41, 5.74) is 8.79. The van der Waals surface area contributed by atoms with Gasteiger partial charge in [0.1, 0.15) is 0 Å². The monoisotopic (exact) mass is 476 g/mol. The number of aromatic nitrogens is 3. The zero-order chi connectivity index (χ0) is 23.5. The first-order valence-electron chi connectivity index (χ1n) is 11.0. The number of rotatable bonds is 6. The molecule has 0 spiro atoms. The summed E-state index contributed by atoms with van der Waals surface area (Å²) in [6.45, 7) is 1.16. The molecule has 1 saturated heterocycles. The predicted molar refractivity (Wildman–Crippen MR) is 132 cm³/mol. The van der Waals surface area contributed by atoms with Crippen LogP contribution in [-0.2, 0) is 10.0 Å². The summed E-state index contributed by atoms with van der Waals surface area (Å²) < 4.78 is 32.5. The molecule has 34 heavy (non-hydrogen) atoms. The van der Waals surface area contributed by atoms with Crippen molar-refractivity contribution in [2.24, 2.45) is 0 Å². The molecule has 0 aliphatic carbocycles. The SMILES string of the molecule is Nc1noc2c(/C=C/c3cnc(Nc4ccc(S(=O)(=O)N5CCCCC5)cc4)nc3)cccc12. The molecule has 1 fully saturated rings. The summed E-state index contributed by atoms with van der Waals surface area (Å²) in [5.74, 6) is 0.773. The Morgan fingerprint density at radius 3 is 2.44 bits per heavy atom. The third kappa shape index (κ3) is 4.50. The van der Waals surface area contributed by atoms with Gasteiger partial charge in [0.05, 0.1) is 10.3 Å². The highest BCUT2D eigenvalue weighted by atomic mass is 32.2. The number of piperidine rings is 1. The summed E-state index contributed by atoms with van der Waals surface area (Å²) >= 11 is 0. The number of fused-ring (bicyclic) bond motifs is 1. The highest BCUT2D eigenvalue weighted by Crippen LogP contribution is 2.25. The highest BCUT2D eigenvalue weighted by Gasteiger charge is 2.25. The first-order valence-corrected chi connectivity index (χ1v) is 12.5. The van der Waals surface area contributed by atoms with Crippen LogP contribution < -0.4 is 11.1 Å². The number of nitrogens with zero attached hydrogens (tertiary/aromatic N) is 4. The summed E-state index contributed by atoms with van der Waals surface area (Å²) in [7, 11) is -3.45. The Morgan fingerprint density at radius 2 is 1.71 bits per heavy atom. The number of hydrogen-bond donors (Lipinski definition) is 2. The van der Waals surface area contributed by atoms with Crippen LogP contribution in [0.1, 0.15) is 30.4 Å². The van der Waals surface area contributed by atoms with Gasteiger partial charge in [-0.2, -0.15) is 4.31 Å². The summed E-state index contributed by atoms with van der Waals surface area (Å²) in [6.07, 6.45) is 10.0. The smallest absolute Gasteiger partial charge is 0.243 e. The van der Waals surface area contributed by atoms with E-state index in [2.05, 4.69) is 20.4 Å². The Kier molecular flexibility index (Phi) is 5.99. The maximum atomic E-state index is 12.8. The third-order valence-corrected chi connectivity index (χ3v) is 7.66. The average molecular weight is 477 g/mol. The molecule has 0 bridgehead atoms. The van der Waals surface area contributed by atoms with Gasteiger partial charge in [-0.3, -0.25) is 0 Å². The molecule has 4 aromatic rings. The summed E-state index contributed by atoms with van der Waals surface area (Å²) in [4.78, 5) is 8.98. The van der Waals surface area contributed by atoms with Gasteiger partial charge >= 0.3 is 0 Å². The fraction of sp³-hybridized carbons (Fsp3) is 0.208. The van der Waals surface area contributed by atoms with Crippen molar-refractivity contribution >= 4 is 50.6 Å². The molecular weight excluding hydrogens is 452 g/mol. The molecule has 174 valence electrons. The zero-order valence-electron chi connectivity index (χ0n) is 18.4. The number of hydrogen-bond acceptors (Lipinski definition) is 8. The molecule has 1 aliphatic heterocycles. The molecule has 5 rings (SSSR count). The van der Waals surface area contributed by atoms with Gasteiger partial charge in [-0.1, -0.05) is 35.9 Å². The van der Waals surface area contributed by atoms with E-state index in [0.717, 1.165) is 35.8 Å². The van der Waals surface area contributed by atoms with Crippen molar-refractivity contribution < 1.29 is 12.9 Å². The molecule has 0 amide bonds. The lowest BCUT2D eigenvalue weighted by molar-refractivity contribution is 0.346. The minimum absolute atomic E-state index is 0.296. The number of para-hydroxylation sites is 1. The minimum atomic E-state index is -3.45. The largest absolute Gasteiger partial charge is 0.380 e. The molecular formula is C24H24N6O3S. The molecule has 0 radical (unpaired) electrons. The van der Waals surface area contributed by atoms with Gasteiger partial charge in [-0.05, 0) is 43.2 Å². The Labute approximate surface area is 197 Å². The van der Waals surface area contributed by atoms with Crippen LogP contribution in [-0.4, -0.2) is 40.9 Å². The van der Waals surface area contributed by atoms with E-state index < -0.39 is 10.0 Å². The fourth-order valence-electron chi connectivity index (χ4n) is 3.90. The maximum absolute atomic E-state index is 12.8. The van der Waals surface area contributed by atoms with Crippen LogP contribution in [0.15, 0.2) is 64.3 Å². The Hall–Kier alpha value is -3.76. The molecule has 2 aromatic heterocycles. The molecule has 2 aromatic carbocycles. The van der Waals surface area contributed by atoms with Gasteiger partial charge in [-0.15, -0.1) is 0 Å². The first kappa shape index (κ1) is 22.1. The Balaban J connectivity index is 1.25. The number of benzene rings is 2. The van der Waals surface area contributed by atoms with Crippen LogP contribution >= 0.6 is 0 Å². The number of anilines is 3. The molecule has 1 aliphatic rings. The van der Waals surface area contributed by atoms with E-state index in [1.165, 1.54) is 0 Å². The van der Waals surface area contributed by atoms with Gasteiger partial charge in [0, 0.05) is 42.3 Å². The van der Waals surface area contributed by atoms with E-state index in [4.69, 9.17) is 10.3 Å². The lowest BCUT2D eigenvalue weighted by Crippen LogP contribution is -2.35. The van der Waals surface area contributed by atoms with Crippen molar-refractivity contribution in [3.05, 3.63) is 66.0 Å². The predicted octanol–water partition coefficient (Wildman–Crippen LogP) is 4.29. The van der Waals surface area contributed by atoms with Crippen molar-refractivity contribution in [3.63, 3.8) is 0 Å². The Bertz CT molecular complexity index is 1420. The third-order valence-electron chi connectivity index (χ3n) is 5.75. The van der Waals surface area contributed by atoms with E-state index in [-0.39, 0.29) is 0 Å². The average Bonchev–Trinajstić information content (AvgIpc) is 3.26. The standard InChI is InChI=1S/C24H24N6O3S/c25-23-21-6-4-5-18(22(21)33-29-23)8-7-17-15-26-24(27-16-17)28-19-9-11-20(12-10-19)34(31,32)30-13-2-1-3-14-30/h4-12,15-16H,1-3,13-14H2,(H2,25,29)(H,26,27,28)/b8-7+. The summed E-state index contributed by atoms with van der Waals surface area (Å²) in [5, 5.41) is 7.67. The molecule has 0 saturated carbocycles. The van der Waals surface area contributed by atoms with E-state index in [1.54, 1.807) is 41.0 Å². The topological polar surface area (TPSA) is 127 Å². The molecule has 3 heterocycles. The van der Waals surface area contributed by atoms with Crippen molar-refractivity contribution in [2.45, 2.75) is 24.2 Å². The van der Waals surface area contributed by atoms with Crippen LogP contribution in [0.3, 0.4) is 0 Å².